The van der Waals surface area contributed by atoms with E-state index in [-0.39, 0.29) is 6.61 Å². The highest BCUT2D eigenvalue weighted by Crippen LogP contribution is 1.85. The molecular formula is C8H10F2O2. The van der Waals surface area contributed by atoms with Gasteiger partial charge in [-0.15, -0.1) is 0 Å². The molecule has 0 saturated carbocycles. The maximum atomic E-state index is 10.2. The number of carbonyl (C=O) groups excluding carboxylic acids is 1. The summed E-state index contributed by atoms with van der Waals surface area (Å²) in [5.74, 6) is -0.412. The SMILES string of the molecule is C=C(F)F.C=CCOC(=O)C=C. The highest BCUT2D eigenvalue weighted by Gasteiger charge is 1.87. The molecule has 12 heavy (non-hydrogen) atoms. The highest BCUT2D eigenvalue weighted by atomic mass is 19.3. The minimum absolute atomic E-state index is 0.255. The predicted molar refractivity (Wildman–Crippen MR) is 42.7 cm³/mol. The lowest BCUT2D eigenvalue weighted by Gasteiger charge is -1.92. The molecule has 0 aliphatic carbocycles. The minimum Gasteiger partial charge on any atom is -0.458 e. The van der Waals surface area contributed by atoms with Crippen LogP contribution in [-0.2, 0) is 9.53 Å². The molecule has 4 heteroatoms. The predicted octanol–water partition coefficient (Wildman–Crippen LogP) is 2.30. The molecule has 0 aliphatic heterocycles. The van der Waals surface area contributed by atoms with Crippen molar-refractivity contribution in [2.75, 3.05) is 6.61 Å². The average Bonchev–Trinajstić information content (AvgIpc) is 1.99. The molecule has 0 unspecified atom stereocenters. The second kappa shape index (κ2) is 9.55. The van der Waals surface area contributed by atoms with Crippen LogP contribution >= 0.6 is 0 Å². The Balaban J connectivity index is 0. The molecule has 0 radical (unpaired) electrons. The van der Waals surface area contributed by atoms with Crippen molar-refractivity contribution < 1.29 is 18.3 Å². The van der Waals surface area contributed by atoms with E-state index in [1.165, 1.54) is 6.08 Å². The lowest BCUT2D eigenvalue weighted by atomic mass is 10.6. The van der Waals surface area contributed by atoms with E-state index in [0.29, 0.717) is 0 Å². The maximum Gasteiger partial charge on any atom is 0.330 e. The fourth-order valence-corrected chi connectivity index (χ4v) is 0.200. The largest absolute Gasteiger partial charge is 0.458 e. The van der Waals surface area contributed by atoms with E-state index < -0.39 is 12.0 Å². The van der Waals surface area contributed by atoms with E-state index in [9.17, 15) is 13.6 Å². The molecule has 0 spiro atoms. The molecule has 0 rings (SSSR count). The average molecular weight is 176 g/mol. The van der Waals surface area contributed by atoms with Gasteiger partial charge in [-0.1, -0.05) is 19.2 Å². The van der Waals surface area contributed by atoms with Gasteiger partial charge in [-0.3, -0.25) is 0 Å². The van der Waals surface area contributed by atoms with Crippen molar-refractivity contribution in [2.45, 2.75) is 0 Å². The highest BCUT2D eigenvalue weighted by molar-refractivity contribution is 5.81. The fraction of sp³-hybridized carbons (Fsp3) is 0.125. The molecule has 0 atom stereocenters. The lowest BCUT2D eigenvalue weighted by molar-refractivity contribution is -0.136. The molecule has 0 heterocycles. The van der Waals surface area contributed by atoms with Gasteiger partial charge in [0.1, 0.15) is 6.61 Å². The van der Waals surface area contributed by atoms with Crippen molar-refractivity contribution in [3.63, 3.8) is 0 Å². The van der Waals surface area contributed by atoms with E-state index in [4.69, 9.17) is 0 Å². The summed E-state index contributed by atoms with van der Waals surface area (Å²) < 4.78 is 24.7. The van der Waals surface area contributed by atoms with Crippen LogP contribution in [0.4, 0.5) is 8.78 Å². The molecule has 68 valence electrons. The van der Waals surface area contributed by atoms with E-state index in [1.54, 1.807) is 0 Å². The monoisotopic (exact) mass is 176 g/mol. The Labute approximate surface area is 69.8 Å². The van der Waals surface area contributed by atoms with Crippen LogP contribution in [0.3, 0.4) is 0 Å². The van der Waals surface area contributed by atoms with Gasteiger partial charge in [0, 0.05) is 6.08 Å². The number of rotatable bonds is 3. The van der Waals surface area contributed by atoms with E-state index in [1.807, 2.05) is 0 Å². The molecule has 0 aromatic heterocycles. The Kier molecular flexibility index (Phi) is 10.5. The van der Waals surface area contributed by atoms with Crippen LogP contribution in [0.2, 0.25) is 0 Å². The maximum absolute atomic E-state index is 10.2. The summed E-state index contributed by atoms with van der Waals surface area (Å²) in [7, 11) is 0. The zero-order valence-corrected chi connectivity index (χ0v) is 6.56. The summed E-state index contributed by atoms with van der Waals surface area (Å²) in [5, 5.41) is 0. The summed E-state index contributed by atoms with van der Waals surface area (Å²) in [6.07, 6.45) is 0.783. The number of hydrogen-bond acceptors (Lipinski definition) is 2. The smallest absolute Gasteiger partial charge is 0.330 e. The summed E-state index contributed by atoms with van der Waals surface area (Å²) in [6.45, 7) is 9.04. The van der Waals surface area contributed by atoms with Gasteiger partial charge in [-0.25, -0.2) is 4.79 Å². The summed E-state index contributed by atoms with van der Waals surface area (Å²) in [6, 6.07) is 0. The van der Waals surface area contributed by atoms with Crippen molar-refractivity contribution in [1.82, 2.24) is 0 Å². The topological polar surface area (TPSA) is 26.3 Å². The normalized spacial score (nSPS) is 7.17. The lowest BCUT2D eigenvalue weighted by Crippen LogP contribution is -1.98. The Morgan fingerprint density at radius 3 is 2.08 bits per heavy atom. The zero-order valence-electron chi connectivity index (χ0n) is 6.56. The van der Waals surface area contributed by atoms with Crippen LogP contribution in [0, 0.1) is 0 Å². The van der Waals surface area contributed by atoms with Gasteiger partial charge in [-0.05, 0) is 6.58 Å². The first-order valence-corrected chi connectivity index (χ1v) is 2.94. The zero-order chi connectivity index (χ0) is 9.98. The quantitative estimate of drug-likeness (QED) is 0.374. The first kappa shape index (κ1) is 13.2. The fourth-order valence-electron chi connectivity index (χ4n) is 0.200. The number of ether oxygens (including phenoxy) is 1. The molecule has 0 saturated heterocycles. The van der Waals surface area contributed by atoms with Crippen LogP contribution in [0.25, 0.3) is 0 Å². The number of carbonyl (C=O) groups is 1. The van der Waals surface area contributed by atoms with Gasteiger partial charge in [0.25, 0.3) is 6.08 Å². The van der Waals surface area contributed by atoms with Gasteiger partial charge in [-0.2, -0.15) is 8.78 Å². The van der Waals surface area contributed by atoms with Crippen LogP contribution in [0.1, 0.15) is 0 Å². The summed E-state index contributed by atoms with van der Waals surface area (Å²) >= 11 is 0. The van der Waals surface area contributed by atoms with Crippen molar-refractivity contribution in [2.24, 2.45) is 0 Å². The third-order valence-electron chi connectivity index (χ3n) is 0.510. The number of hydrogen-bond donors (Lipinski definition) is 0. The molecule has 0 bridgehead atoms. The van der Waals surface area contributed by atoms with Crippen molar-refractivity contribution >= 4 is 5.97 Å². The molecule has 0 aromatic rings. The van der Waals surface area contributed by atoms with Crippen LogP contribution < -0.4 is 0 Å². The van der Waals surface area contributed by atoms with Gasteiger partial charge in [0.05, 0.1) is 0 Å². The number of esters is 1. The summed E-state index contributed by atoms with van der Waals surface area (Å²) in [5.41, 5.74) is 0. The summed E-state index contributed by atoms with van der Waals surface area (Å²) in [4.78, 5) is 10.2. The molecule has 0 aromatic carbocycles. The Morgan fingerprint density at radius 2 is 1.83 bits per heavy atom. The first-order valence-electron chi connectivity index (χ1n) is 2.94. The van der Waals surface area contributed by atoms with E-state index >= 15 is 0 Å². The first-order chi connectivity index (χ1) is 5.54. The van der Waals surface area contributed by atoms with Crippen molar-refractivity contribution in [3.8, 4) is 0 Å². The molecule has 0 amide bonds. The Morgan fingerprint density at radius 1 is 1.42 bits per heavy atom. The molecule has 2 nitrogen and oxygen atoms in total. The van der Waals surface area contributed by atoms with E-state index in [2.05, 4.69) is 24.5 Å². The molecule has 0 aliphatic rings. The Bertz CT molecular complexity index is 172. The molecule has 0 fully saturated rings. The Hall–Kier alpha value is -1.45. The van der Waals surface area contributed by atoms with Gasteiger partial charge in [0.15, 0.2) is 0 Å². The minimum atomic E-state index is -1.83. The van der Waals surface area contributed by atoms with Gasteiger partial charge >= 0.3 is 5.97 Å². The number of halogens is 2. The van der Waals surface area contributed by atoms with Crippen LogP contribution in [0.15, 0.2) is 38.0 Å². The van der Waals surface area contributed by atoms with Crippen molar-refractivity contribution in [3.05, 3.63) is 38.0 Å². The van der Waals surface area contributed by atoms with Crippen molar-refractivity contribution in [1.29, 1.82) is 0 Å². The standard InChI is InChI=1S/C6H8O2.C2H2F2/c1-3-5-8-6(7)4-2;1-2(3)4/h3-4H,1-2,5H2;1H2. The van der Waals surface area contributed by atoms with Gasteiger partial charge < -0.3 is 4.74 Å². The van der Waals surface area contributed by atoms with E-state index in [0.717, 1.165) is 6.08 Å². The van der Waals surface area contributed by atoms with Crippen LogP contribution in [-0.4, -0.2) is 12.6 Å². The van der Waals surface area contributed by atoms with Gasteiger partial charge in [0.2, 0.25) is 0 Å². The third kappa shape index (κ3) is 23.5. The second-order valence-corrected chi connectivity index (χ2v) is 1.46. The molecule has 0 N–H and O–H groups in total. The second-order valence-electron chi connectivity index (χ2n) is 1.46. The molecular weight excluding hydrogens is 166 g/mol. The third-order valence-corrected chi connectivity index (χ3v) is 0.510. The van der Waals surface area contributed by atoms with Crippen LogP contribution in [0.5, 0.6) is 0 Å².